The van der Waals surface area contributed by atoms with E-state index in [0.717, 1.165) is 12.5 Å². The summed E-state index contributed by atoms with van der Waals surface area (Å²) in [5.41, 5.74) is 0.489. The maximum absolute atomic E-state index is 6.13. The lowest BCUT2D eigenvalue weighted by Crippen LogP contribution is -2.63. The number of rotatable bonds is 0. The molecule has 0 aromatic rings. The lowest BCUT2D eigenvalue weighted by atomic mass is 9.68. The molecule has 0 unspecified atom stereocenters. The van der Waals surface area contributed by atoms with Gasteiger partial charge in [-0.05, 0) is 51.7 Å². The van der Waals surface area contributed by atoms with Gasteiger partial charge in [0, 0.05) is 12.1 Å². The predicted molar refractivity (Wildman–Crippen MR) is 66.9 cm³/mol. The Hall–Kier alpha value is -0.380. The van der Waals surface area contributed by atoms with Crippen LogP contribution in [-0.4, -0.2) is 48.8 Å². The van der Waals surface area contributed by atoms with Crippen molar-refractivity contribution in [3.8, 4) is 0 Å². The molecule has 3 atom stereocenters. The predicted octanol–water partition coefficient (Wildman–Crippen LogP) is 1.16. The SMILES string of the molecule is CN1CCC2(CC1)C[C@@H]1C[C@H]3C=C[C@@]1(CN2)O3. The second-order valence-electron chi connectivity index (χ2n) is 6.54. The van der Waals surface area contributed by atoms with Gasteiger partial charge in [-0.2, -0.15) is 0 Å². The molecule has 2 bridgehead atoms. The molecule has 3 nitrogen and oxygen atoms in total. The van der Waals surface area contributed by atoms with E-state index >= 15 is 0 Å². The van der Waals surface area contributed by atoms with E-state index in [2.05, 4.69) is 29.4 Å². The second-order valence-corrected chi connectivity index (χ2v) is 6.54. The van der Waals surface area contributed by atoms with Crippen LogP contribution < -0.4 is 5.32 Å². The van der Waals surface area contributed by atoms with Crippen LogP contribution in [0.2, 0.25) is 0 Å². The van der Waals surface area contributed by atoms with Gasteiger partial charge in [0.15, 0.2) is 0 Å². The second kappa shape index (κ2) is 3.34. The largest absolute Gasteiger partial charge is 0.362 e. The van der Waals surface area contributed by atoms with Crippen molar-refractivity contribution in [2.75, 3.05) is 26.7 Å². The first-order valence-corrected chi connectivity index (χ1v) is 7.01. The fraction of sp³-hybridized carbons (Fsp3) is 0.857. The summed E-state index contributed by atoms with van der Waals surface area (Å²) in [6.07, 6.45) is 10.2. The molecule has 0 amide bonds. The number of fused-ring (bicyclic) bond motifs is 1. The zero-order valence-electron chi connectivity index (χ0n) is 10.6. The number of hydrogen-bond donors (Lipinski definition) is 1. The van der Waals surface area contributed by atoms with E-state index in [-0.39, 0.29) is 5.60 Å². The summed E-state index contributed by atoms with van der Waals surface area (Å²) in [7, 11) is 2.24. The molecule has 0 radical (unpaired) electrons. The molecule has 0 aliphatic carbocycles. The Bertz CT molecular complexity index is 359. The lowest BCUT2D eigenvalue weighted by molar-refractivity contribution is -0.0321. The minimum absolute atomic E-state index is 0.0687. The molecule has 0 saturated carbocycles. The van der Waals surface area contributed by atoms with Crippen LogP contribution in [0.5, 0.6) is 0 Å². The van der Waals surface area contributed by atoms with Crippen molar-refractivity contribution in [3.05, 3.63) is 12.2 Å². The minimum atomic E-state index is 0.0687. The third-order valence-electron chi connectivity index (χ3n) is 5.49. The number of hydrogen-bond acceptors (Lipinski definition) is 3. The van der Waals surface area contributed by atoms with Gasteiger partial charge in [0.05, 0.1) is 6.10 Å². The van der Waals surface area contributed by atoms with Gasteiger partial charge in [0.1, 0.15) is 5.60 Å². The highest BCUT2D eigenvalue weighted by Gasteiger charge is 2.56. The minimum Gasteiger partial charge on any atom is -0.362 e. The highest BCUT2D eigenvalue weighted by molar-refractivity contribution is 5.24. The van der Waals surface area contributed by atoms with Gasteiger partial charge in [-0.1, -0.05) is 12.2 Å². The standard InChI is InChI=1S/C14H22N2O/c1-16-6-4-13(5-7-16)9-11-8-12-2-3-14(11,17-12)10-15-13/h2-3,11-12,15H,4-10H2,1H3/t11-,12+,14-/m0/s1. The monoisotopic (exact) mass is 234 g/mol. The topological polar surface area (TPSA) is 24.5 Å². The fourth-order valence-corrected chi connectivity index (χ4v) is 4.27. The van der Waals surface area contributed by atoms with E-state index < -0.39 is 0 Å². The van der Waals surface area contributed by atoms with Crippen molar-refractivity contribution in [3.63, 3.8) is 0 Å². The van der Waals surface area contributed by atoms with Gasteiger partial charge < -0.3 is 15.0 Å². The molecule has 3 heteroatoms. The van der Waals surface area contributed by atoms with Crippen molar-refractivity contribution >= 4 is 0 Å². The average molecular weight is 234 g/mol. The molecule has 4 aliphatic heterocycles. The quantitative estimate of drug-likeness (QED) is 0.637. The van der Waals surface area contributed by atoms with Crippen LogP contribution in [0.15, 0.2) is 12.2 Å². The summed E-state index contributed by atoms with van der Waals surface area (Å²) in [6, 6.07) is 0. The van der Waals surface area contributed by atoms with E-state index in [4.69, 9.17) is 4.74 Å². The Labute approximate surface area is 103 Å². The van der Waals surface area contributed by atoms with Crippen LogP contribution in [0.25, 0.3) is 0 Å². The van der Waals surface area contributed by atoms with Crippen LogP contribution in [-0.2, 0) is 4.74 Å². The Morgan fingerprint density at radius 1 is 1.35 bits per heavy atom. The number of piperidine rings is 2. The zero-order chi connectivity index (χ0) is 11.5. The normalized spacial score (nSPS) is 47.6. The molecule has 4 rings (SSSR count). The molecular weight excluding hydrogens is 212 g/mol. The highest BCUT2D eigenvalue weighted by atomic mass is 16.5. The van der Waals surface area contributed by atoms with E-state index in [1.165, 1.54) is 38.8 Å². The third-order valence-corrected chi connectivity index (χ3v) is 5.49. The maximum Gasteiger partial charge on any atom is 0.102 e. The van der Waals surface area contributed by atoms with E-state index in [1.54, 1.807) is 0 Å². The van der Waals surface area contributed by atoms with E-state index in [9.17, 15) is 0 Å². The molecular formula is C14H22N2O. The van der Waals surface area contributed by atoms with Crippen molar-refractivity contribution in [1.29, 1.82) is 0 Å². The highest BCUT2D eigenvalue weighted by Crippen LogP contribution is 2.50. The Kier molecular flexibility index (Phi) is 2.07. The molecule has 2 spiro atoms. The van der Waals surface area contributed by atoms with Gasteiger partial charge in [0.25, 0.3) is 0 Å². The fourth-order valence-electron chi connectivity index (χ4n) is 4.27. The maximum atomic E-state index is 6.13. The Morgan fingerprint density at radius 2 is 2.18 bits per heavy atom. The van der Waals surface area contributed by atoms with Crippen LogP contribution in [0.3, 0.4) is 0 Å². The number of likely N-dealkylation sites (tertiary alicyclic amines) is 1. The van der Waals surface area contributed by atoms with E-state index in [1.807, 2.05) is 0 Å². The summed E-state index contributed by atoms with van der Waals surface area (Å²) in [6.45, 7) is 3.52. The zero-order valence-corrected chi connectivity index (χ0v) is 10.6. The number of ether oxygens (including phenoxy) is 1. The molecule has 4 aliphatic rings. The molecule has 1 N–H and O–H groups in total. The summed E-state index contributed by atoms with van der Waals surface area (Å²) in [4.78, 5) is 2.45. The van der Waals surface area contributed by atoms with Crippen molar-refractivity contribution < 1.29 is 4.74 Å². The first-order valence-electron chi connectivity index (χ1n) is 7.01. The number of nitrogens with one attached hydrogen (secondary N) is 1. The van der Waals surface area contributed by atoms with E-state index in [0.29, 0.717) is 11.6 Å². The van der Waals surface area contributed by atoms with Gasteiger partial charge >= 0.3 is 0 Å². The van der Waals surface area contributed by atoms with Crippen LogP contribution in [0.1, 0.15) is 25.7 Å². The summed E-state index contributed by atoms with van der Waals surface area (Å²) in [5.74, 6) is 0.766. The van der Waals surface area contributed by atoms with Crippen molar-refractivity contribution in [2.45, 2.75) is 42.9 Å². The molecule has 94 valence electrons. The summed E-state index contributed by atoms with van der Waals surface area (Å²) in [5, 5.41) is 3.84. The number of nitrogens with zero attached hydrogens (tertiary/aromatic N) is 1. The first kappa shape index (κ1) is 10.5. The molecule has 3 saturated heterocycles. The van der Waals surface area contributed by atoms with Crippen molar-refractivity contribution in [2.24, 2.45) is 5.92 Å². The van der Waals surface area contributed by atoms with Crippen LogP contribution >= 0.6 is 0 Å². The third kappa shape index (κ3) is 1.46. The Morgan fingerprint density at radius 3 is 2.94 bits per heavy atom. The van der Waals surface area contributed by atoms with Gasteiger partial charge in [-0.15, -0.1) is 0 Å². The van der Waals surface area contributed by atoms with Gasteiger partial charge in [0.2, 0.25) is 0 Å². The smallest absolute Gasteiger partial charge is 0.102 e. The van der Waals surface area contributed by atoms with Crippen LogP contribution in [0.4, 0.5) is 0 Å². The van der Waals surface area contributed by atoms with Crippen LogP contribution in [0, 0.1) is 5.92 Å². The van der Waals surface area contributed by atoms with Gasteiger partial charge in [-0.3, -0.25) is 0 Å². The molecule has 0 aromatic heterocycles. The molecule has 3 fully saturated rings. The first-order chi connectivity index (χ1) is 8.20. The van der Waals surface area contributed by atoms with Crippen molar-refractivity contribution in [1.82, 2.24) is 10.2 Å². The lowest BCUT2D eigenvalue weighted by Gasteiger charge is -2.50. The summed E-state index contributed by atoms with van der Waals surface area (Å²) < 4.78 is 6.13. The van der Waals surface area contributed by atoms with Gasteiger partial charge in [-0.25, -0.2) is 0 Å². The molecule has 0 aromatic carbocycles. The molecule has 4 heterocycles. The average Bonchev–Trinajstić information content (AvgIpc) is 2.89. The summed E-state index contributed by atoms with van der Waals surface area (Å²) >= 11 is 0. The molecule has 17 heavy (non-hydrogen) atoms. The Balaban J connectivity index is 1.54.